The number of nitrogens with zero attached hydrogens (tertiary/aromatic N) is 2. The number of rotatable bonds is 5. The van der Waals surface area contributed by atoms with E-state index in [1.165, 1.54) is 6.20 Å². The van der Waals surface area contributed by atoms with E-state index in [2.05, 4.69) is 36.6 Å². The van der Waals surface area contributed by atoms with Gasteiger partial charge in [0.1, 0.15) is 17.9 Å². The van der Waals surface area contributed by atoms with Gasteiger partial charge in [0.25, 0.3) is 11.9 Å². The Morgan fingerprint density at radius 2 is 2.21 bits per heavy atom. The molecule has 2 aromatic rings. The highest BCUT2D eigenvalue weighted by atomic mass is 79.9. The molecule has 0 unspecified atom stereocenters. The van der Waals surface area contributed by atoms with Crippen LogP contribution in [0.3, 0.4) is 0 Å². The Labute approximate surface area is 173 Å². The Kier molecular flexibility index (Phi) is 6.14. The lowest BCUT2D eigenvalue weighted by molar-refractivity contribution is 0.0748. The number of hydrogen-bond donors (Lipinski definition) is 4. The predicted octanol–water partition coefficient (Wildman–Crippen LogP) is 2.44. The van der Waals surface area contributed by atoms with Crippen LogP contribution >= 0.6 is 27.5 Å². The van der Waals surface area contributed by atoms with Gasteiger partial charge in [-0.1, -0.05) is 11.6 Å². The van der Waals surface area contributed by atoms with Crippen molar-refractivity contribution in [2.45, 2.75) is 18.2 Å². The molecule has 148 valence electrons. The number of anilines is 1. The maximum atomic E-state index is 14.1. The minimum atomic E-state index is -1.40. The van der Waals surface area contributed by atoms with Crippen LogP contribution in [-0.4, -0.2) is 29.8 Å². The highest BCUT2D eigenvalue weighted by Crippen LogP contribution is 2.39. The molecule has 11 heteroatoms. The number of aliphatic imine (C=N–C) groups is 1. The first-order chi connectivity index (χ1) is 13.4. The van der Waals surface area contributed by atoms with Crippen LogP contribution in [0.1, 0.15) is 22.5 Å². The number of carbonyl (C=O) groups excluding carboxylic acids is 1. The molecule has 8 nitrogen and oxygen atoms in total. The first kappa shape index (κ1) is 20.5. The third kappa shape index (κ3) is 4.25. The van der Waals surface area contributed by atoms with Crippen molar-refractivity contribution in [3.63, 3.8) is 0 Å². The third-order valence-electron chi connectivity index (χ3n) is 4.20. The second-order valence-corrected chi connectivity index (χ2v) is 7.43. The molecule has 0 aliphatic carbocycles. The standard InChI is InChI=1S/C17H17BrClFN6O2/c18-9-1-4-13(23-7-9)15(27)24-10-2-3-12(19)11(5-10)17(8-20)6-14(26-22)28-16(21)25-17/h1-5,7,14,26H,6,8,22H2,(H2,21,25)(H,24,27)/t14-,17-/m0/s1. The van der Waals surface area contributed by atoms with E-state index in [-0.39, 0.29) is 23.2 Å². The van der Waals surface area contributed by atoms with Gasteiger partial charge in [-0.15, -0.1) is 0 Å². The lowest BCUT2D eigenvalue weighted by Gasteiger charge is -2.36. The van der Waals surface area contributed by atoms with Crippen LogP contribution in [0.25, 0.3) is 0 Å². The molecule has 1 amide bonds. The quantitative estimate of drug-likeness (QED) is 0.392. The fraction of sp³-hybridized carbons (Fsp3) is 0.235. The zero-order chi connectivity index (χ0) is 20.3. The molecular formula is C17H17BrClFN6O2. The van der Waals surface area contributed by atoms with Crippen molar-refractivity contribution < 1.29 is 13.9 Å². The van der Waals surface area contributed by atoms with Gasteiger partial charge >= 0.3 is 0 Å². The number of ether oxygens (including phenoxy) is 1. The minimum absolute atomic E-state index is 0.0616. The van der Waals surface area contributed by atoms with E-state index in [0.29, 0.717) is 11.3 Å². The Morgan fingerprint density at radius 1 is 1.43 bits per heavy atom. The van der Waals surface area contributed by atoms with Crippen LogP contribution < -0.4 is 22.3 Å². The van der Waals surface area contributed by atoms with Crippen LogP contribution in [0, 0.1) is 0 Å². The molecule has 1 aliphatic heterocycles. The molecule has 0 saturated heterocycles. The van der Waals surface area contributed by atoms with E-state index < -0.39 is 24.3 Å². The molecule has 6 N–H and O–H groups in total. The number of aromatic nitrogens is 1. The first-order valence-electron chi connectivity index (χ1n) is 8.14. The molecule has 0 spiro atoms. The average molecular weight is 472 g/mol. The number of benzene rings is 1. The molecular weight excluding hydrogens is 455 g/mol. The molecule has 2 atom stereocenters. The maximum absolute atomic E-state index is 14.1. The Hall–Kier alpha value is -2.27. The van der Waals surface area contributed by atoms with Crippen molar-refractivity contribution >= 4 is 45.1 Å². The van der Waals surface area contributed by atoms with Crippen molar-refractivity contribution in [3.05, 3.63) is 57.3 Å². The molecule has 3 rings (SSSR count). The number of alkyl halides is 1. The number of pyridine rings is 1. The molecule has 1 aliphatic rings. The number of halogens is 3. The highest BCUT2D eigenvalue weighted by molar-refractivity contribution is 9.10. The van der Waals surface area contributed by atoms with E-state index in [4.69, 9.17) is 27.9 Å². The van der Waals surface area contributed by atoms with Gasteiger partial charge in [0.05, 0.1) is 0 Å². The summed E-state index contributed by atoms with van der Waals surface area (Å²) in [6.07, 6.45) is 0.834. The number of nitrogens with two attached hydrogens (primary N) is 2. The number of hydrogen-bond acceptors (Lipinski definition) is 7. The van der Waals surface area contributed by atoms with Crippen molar-refractivity contribution in [3.8, 4) is 0 Å². The van der Waals surface area contributed by atoms with Gasteiger partial charge in [0.2, 0.25) is 0 Å². The van der Waals surface area contributed by atoms with E-state index in [1.807, 2.05) is 0 Å². The summed E-state index contributed by atoms with van der Waals surface area (Å²) in [5, 5.41) is 2.98. The van der Waals surface area contributed by atoms with Gasteiger partial charge in [0.15, 0.2) is 6.23 Å². The molecule has 1 aromatic heterocycles. The molecule has 28 heavy (non-hydrogen) atoms. The average Bonchev–Trinajstić information content (AvgIpc) is 2.69. The van der Waals surface area contributed by atoms with Gasteiger partial charge in [-0.25, -0.2) is 19.8 Å². The lowest BCUT2D eigenvalue weighted by atomic mass is 9.86. The molecule has 0 bridgehead atoms. The van der Waals surface area contributed by atoms with Gasteiger partial charge < -0.3 is 15.8 Å². The second-order valence-electron chi connectivity index (χ2n) is 6.10. The second kappa shape index (κ2) is 8.39. The number of nitrogens with one attached hydrogen (secondary N) is 2. The summed E-state index contributed by atoms with van der Waals surface area (Å²) >= 11 is 9.57. The predicted molar refractivity (Wildman–Crippen MR) is 107 cm³/mol. The monoisotopic (exact) mass is 470 g/mol. The highest BCUT2D eigenvalue weighted by Gasteiger charge is 2.41. The van der Waals surface area contributed by atoms with Gasteiger partial charge in [-0.3, -0.25) is 10.6 Å². The Morgan fingerprint density at radius 3 is 2.86 bits per heavy atom. The van der Waals surface area contributed by atoms with Gasteiger partial charge in [-0.05, 0) is 46.3 Å². The summed E-state index contributed by atoms with van der Waals surface area (Å²) in [6, 6.07) is 7.75. The van der Waals surface area contributed by atoms with Crippen LogP contribution in [0.5, 0.6) is 0 Å². The lowest BCUT2D eigenvalue weighted by Crippen LogP contribution is -2.50. The van der Waals surface area contributed by atoms with Crippen molar-refractivity contribution in [2.24, 2.45) is 16.6 Å². The number of amides is 1. The number of carbonyl (C=O) groups is 1. The summed E-state index contributed by atoms with van der Waals surface area (Å²) in [4.78, 5) is 20.6. The molecule has 0 fully saturated rings. The SMILES string of the molecule is NN[C@@H]1C[C@](CF)(c2cc(NC(=O)c3ccc(Br)cn3)ccc2Cl)N=C(N)O1. The molecule has 2 heterocycles. The van der Waals surface area contributed by atoms with E-state index >= 15 is 0 Å². The largest absolute Gasteiger partial charge is 0.445 e. The fourth-order valence-electron chi connectivity index (χ4n) is 2.86. The van der Waals surface area contributed by atoms with Crippen LogP contribution in [-0.2, 0) is 10.3 Å². The third-order valence-corrected chi connectivity index (χ3v) is 5.00. The Balaban J connectivity index is 1.93. The van der Waals surface area contributed by atoms with Crippen molar-refractivity contribution in [1.82, 2.24) is 10.4 Å². The van der Waals surface area contributed by atoms with Crippen molar-refractivity contribution in [2.75, 3.05) is 12.0 Å². The van der Waals surface area contributed by atoms with Gasteiger partial charge in [-0.2, -0.15) is 0 Å². The zero-order valence-electron chi connectivity index (χ0n) is 14.5. The fourth-order valence-corrected chi connectivity index (χ4v) is 3.39. The summed E-state index contributed by atoms with van der Waals surface area (Å²) in [7, 11) is 0. The summed E-state index contributed by atoms with van der Waals surface area (Å²) < 4.78 is 20.1. The van der Waals surface area contributed by atoms with Crippen LogP contribution in [0.4, 0.5) is 10.1 Å². The number of hydrazine groups is 1. The first-order valence-corrected chi connectivity index (χ1v) is 9.31. The normalized spacial score (nSPS) is 21.6. The Bertz CT molecular complexity index is 913. The van der Waals surface area contributed by atoms with Crippen LogP contribution in [0.2, 0.25) is 5.02 Å². The maximum Gasteiger partial charge on any atom is 0.284 e. The summed E-state index contributed by atoms with van der Waals surface area (Å²) in [6.45, 7) is -0.888. The summed E-state index contributed by atoms with van der Waals surface area (Å²) in [5.74, 6) is 5.00. The smallest absolute Gasteiger partial charge is 0.284 e. The number of amidine groups is 1. The van der Waals surface area contributed by atoms with Gasteiger partial charge in [0, 0.05) is 33.4 Å². The van der Waals surface area contributed by atoms with E-state index in [0.717, 1.165) is 4.47 Å². The molecule has 0 saturated carbocycles. The zero-order valence-corrected chi connectivity index (χ0v) is 16.8. The van der Waals surface area contributed by atoms with E-state index in [9.17, 15) is 9.18 Å². The minimum Gasteiger partial charge on any atom is -0.445 e. The van der Waals surface area contributed by atoms with Crippen LogP contribution in [0.15, 0.2) is 46.0 Å². The van der Waals surface area contributed by atoms with Crippen molar-refractivity contribution in [1.29, 1.82) is 0 Å². The topological polar surface area (TPSA) is 128 Å². The molecule has 1 aromatic carbocycles. The molecule has 0 radical (unpaired) electrons. The summed E-state index contributed by atoms with van der Waals surface area (Å²) in [5.41, 5.74) is 7.68. The van der Waals surface area contributed by atoms with E-state index in [1.54, 1.807) is 30.3 Å².